The first-order valence-corrected chi connectivity index (χ1v) is 9.46. The maximum Gasteiger partial charge on any atom is 0.105 e. The summed E-state index contributed by atoms with van der Waals surface area (Å²) >= 11 is 0. The van der Waals surface area contributed by atoms with Gasteiger partial charge in [-0.1, -0.05) is 67.9 Å². The van der Waals surface area contributed by atoms with E-state index in [0.717, 1.165) is 6.42 Å². The van der Waals surface area contributed by atoms with Gasteiger partial charge >= 0.3 is 0 Å². The van der Waals surface area contributed by atoms with Crippen LogP contribution in [-0.4, -0.2) is 0 Å². The largest absolute Gasteiger partial charge is 1.00 e. The second-order valence-corrected chi connectivity index (χ2v) is 7.96. The van der Waals surface area contributed by atoms with Crippen LogP contribution < -0.4 is 39.9 Å². The molecule has 0 aromatic heterocycles. The van der Waals surface area contributed by atoms with Gasteiger partial charge in [0.05, 0.1) is 7.92 Å². The summed E-state index contributed by atoms with van der Waals surface area (Å²) in [4.78, 5) is 0. The van der Waals surface area contributed by atoms with Crippen LogP contribution in [0.4, 0.5) is 0 Å². The van der Waals surface area contributed by atoms with E-state index in [-0.39, 0.29) is 24.0 Å². The average Bonchev–Trinajstić information content (AvgIpc) is 2.59. The molecule has 3 aromatic carbocycles. The highest BCUT2D eigenvalue weighted by atomic mass is 127. The lowest BCUT2D eigenvalue weighted by Gasteiger charge is -2.14. The van der Waals surface area contributed by atoms with Crippen LogP contribution in [-0.2, 0) is 6.42 Å². The summed E-state index contributed by atoms with van der Waals surface area (Å²) in [7, 11) is -0.929. The third-order valence-electron chi connectivity index (χ3n) is 3.93. The molecule has 118 valence electrons. The number of rotatable bonds is 5. The predicted molar refractivity (Wildman–Crippen MR) is 101 cm³/mol. The van der Waals surface area contributed by atoms with Crippen molar-refractivity contribution in [2.75, 3.05) is 0 Å². The Kier molecular flexibility index (Phi) is 7.26. The van der Waals surface area contributed by atoms with Crippen molar-refractivity contribution in [3.63, 3.8) is 0 Å². The van der Waals surface area contributed by atoms with Gasteiger partial charge in [0.2, 0.25) is 0 Å². The number of benzene rings is 3. The van der Waals surface area contributed by atoms with Gasteiger partial charge in [0.15, 0.2) is 0 Å². The fourth-order valence-electron chi connectivity index (χ4n) is 2.94. The molecular formula is C21H22IP. The Balaban J connectivity index is 0.00000192. The monoisotopic (exact) mass is 432 g/mol. The molecule has 0 nitrogen and oxygen atoms in total. The van der Waals surface area contributed by atoms with E-state index in [2.05, 4.69) is 91.9 Å². The van der Waals surface area contributed by atoms with Crippen LogP contribution in [0.25, 0.3) is 0 Å². The molecule has 3 rings (SSSR count). The summed E-state index contributed by atoms with van der Waals surface area (Å²) in [5, 5.41) is 4.45. The first-order chi connectivity index (χ1) is 10.9. The van der Waals surface area contributed by atoms with Gasteiger partial charge in [-0.05, 0) is 42.3 Å². The van der Waals surface area contributed by atoms with Crippen molar-refractivity contribution in [3.8, 4) is 0 Å². The third kappa shape index (κ3) is 4.43. The minimum Gasteiger partial charge on any atom is -1.00 e. The topological polar surface area (TPSA) is 0 Å². The van der Waals surface area contributed by atoms with E-state index in [1.54, 1.807) is 0 Å². The zero-order chi connectivity index (χ0) is 15.2. The molecule has 0 N–H and O–H groups in total. The fourth-order valence-corrected chi connectivity index (χ4v) is 5.74. The van der Waals surface area contributed by atoms with Crippen molar-refractivity contribution in [1.82, 2.24) is 0 Å². The molecule has 0 fully saturated rings. The van der Waals surface area contributed by atoms with E-state index in [0.29, 0.717) is 0 Å². The van der Waals surface area contributed by atoms with Crippen molar-refractivity contribution >= 4 is 23.8 Å². The summed E-state index contributed by atoms with van der Waals surface area (Å²) in [6, 6.07) is 31.0. The second kappa shape index (κ2) is 9.20. The summed E-state index contributed by atoms with van der Waals surface area (Å²) in [5.74, 6) is 0. The molecule has 0 bridgehead atoms. The van der Waals surface area contributed by atoms with Gasteiger partial charge < -0.3 is 24.0 Å². The molecule has 0 atom stereocenters. The van der Waals surface area contributed by atoms with Crippen molar-refractivity contribution in [3.05, 3.63) is 90.5 Å². The molecule has 0 aliphatic carbocycles. The molecule has 0 radical (unpaired) electrons. The van der Waals surface area contributed by atoms with Gasteiger partial charge in [-0.2, -0.15) is 0 Å². The van der Waals surface area contributed by atoms with Gasteiger partial charge in [0.25, 0.3) is 0 Å². The lowest BCUT2D eigenvalue weighted by Crippen LogP contribution is -3.00. The Morgan fingerprint density at radius 1 is 0.652 bits per heavy atom. The normalized spacial score (nSPS) is 10.3. The van der Waals surface area contributed by atoms with Gasteiger partial charge in [0.1, 0.15) is 15.9 Å². The highest BCUT2D eigenvalue weighted by Gasteiger charge is 2.27. The highest BCUT2D eigenvalue weighted by molar-refractivity contribution is 7.79. The highest BCUT2D eigenvalue weighted by Crippen LogP contribution is 2.34. The maximum absolute atomic E-state index is 2.33. The van der Waals surface area contributed by atoms with Crippen molar-refractivity contribution in [2.24, 2.45) is 0 Å². The molecular weight excluding hydrogens is 410 g/mol. The lowest BCUT2D eigenvalue weighted by atomic mass is 10.1. The number of hydrogen-bond acceptors (Lipinski definition) is 0. The molecule has 3 aromatic rings. The molecule has 0 unspecified atom stereocenters. The van der Waals surface area contributed by atoms with Gasteiger partial charge in [-0.3, -0.25) is 0 Å². The van der Waals surface area contributed by atoms with Crippen molar-refractivity contribution in [2.45, 2.75) is 19.8 Å². The smallest absolute Gasteiger partial charge is 0.105 e. The zero-order valence-corrected chi connectivity index (χ0v) is 16.5. The number of aryl methyl sites for hydroxylation is 1. The van der Waals surface area contributed by atoms with Crippen molar-refractivity contribution in [1.29, 1.82) is 0 Å². The van der Waals surface area contributed by atoms with Gasteiger partial charge in [-0.15, -0.1) is 0 Å². The molecule has 2 heteroatoms. The third-order valence-corrected chi connectivity index (χ3v) is 6.78. The van der Waals surface area contributed by atoms with Crippen LogP contribution in [0, 0.1) is 0 Å². The number of hydrogen-bond donors (Lipinski definition) is 0. The molecule has 0 amide bonds. The first kappa shape index (κ1) is 18.2. The zero-order valence-electron chi connectivity index (χ0n) is 13.4. The van der Waals surface area contributed by atoms with Gasteiger partial charge in [0, 0.05) is 0 Å². The molecule has 0 saturated carbocycles. The summed E-state index contributed by atoms with van der Waals surface area (Å²) in [6.45, 7) is 2.26. The lowest BCUT2D eigenvalue weighted by molar-refractivity contribution is -0.00000429. The molecule has 0 aliphatic rings. The van der Waals surface area contributed by atoms with E-state index in [9.17, 15) is 0 Å². The Bertz CT molecular complexity index is 671. The van der Waals surface area contributed by atoms with Crippen LogP contribution in [0.2, 0.25) is 0 Å². The van der Waals surface area contributed by atoms with E-state index < -0.39 is 7.92 Å². The minimum absolute atomic E-state index is 0. The van der Waals surface area contributed by atoms with Crippen LogP contribution >= 0.6 is 7.92 Å². The van der Waals surface area contributed by atoms with E-state index in [1.807, 2.05) is 0 Å². The predicted octanol–water partition coefficient (Wildman–Crippen LogP) is 1.13. The van der Waals surface area contributed by atoms with Crippen LogP contribution in [0.5, 0.6) is 0 Å². The Morgan fingerprint density at radius 3 is 1.65 bits per heavy atom. The Labute approximate surface area is 157 Å². The molecule has 0 spiro atoms. The van der Waals surface area contributed by atoms with E-state index in [1.165, 1.54) is 27.9 Å². The Hall–Kier alpha value is -1.18. The summed E-state index contributed by atoms with van der Waals surface area (Å²) in [6.07, 6.45) is 2.35. The van der Waals surface area contributed by atoms with Gasteiger partial charge in [-0.25, -0.2) is 0 Å². The van der Waals surface area contributed by atoms with E-state index in [4.69, 9.17) is 0 Å². The Morgan fingerprint density at radius 2 is 1.13 bits per heavy atom. The second-order valence-electron chi connectivity index (χ2n) is 5.51. The van der Waals surface area contributed by atoms with Crippen LogP contribution in [0.3, 0.4) is 0 Å². The number of halogens is 1. The fraction of sp³-hybridized carbons (Fsp3) is 0.143. The van der Waals surface area contributed by atoms with Crippen molar-refractivity contribution < 1.29 is 24.0 Å². The standard InChI is InChI=1S/C21H21P.HI/c1-2-11-18-12-9-10-17-21(18)22(19-13-5-3-6-14-19)20-15-7-4-8-16-20;/h3-10,12-17H,2,11H2,1H3;1H. The average molecular weight is 432 g/mol. The van der Waals surface area contributed by atoms with Crippen LogP contribution in [0.1, 0.15) is 18.9 Å². The first-order valence-electron chi connectivity index (χ1n) is 7.96. The van der Waals surface area contributed by atoms with E-state index >= 15 is 0 Å². The summed E-state index contributed by atoms with van der Waals surface area (Å²) in [5.41, 5.74) is 1.51. The SMILES string of the molecule is CCCc1ccccc1[PH+](c1ccccc1)c1ccccc1.[I-]. The summed E-state index contributed by atoms with van der Waals surface area (Å²) < 4.78 is 0. The quantitative estimate of drug-likeness (QED) is 0.419. The molecule has 0 saturated heterocycles. The molecule has 23 heavy (non-hydrogen) atoms. The van der Waals surface area contributed by atoms with Crippen LogP contribution in [0.15, 0.2) is 84.9 Å². The molecule has 0 heterocycles. The minimum atomic E-state index is -0.929. The maximum atomic E-state index is 2.33. The molecule has 0 aliphatic heterocycles.